The standard InChI is InChI=1S/C21H27N7O/c1-22-20-25-26-27-28(20)18-13-19(23-14-16-9-5-3-6-10-16)21(29-2,24-15-18)17-11-7-4-8-12-17/h3-12,18-19,23-24H,13-15H2,1-2H3,(H,22,25,27)/t18?,19-,21-/m0/s1. The van der Waals surface area contributed by atoms with Crippen LogP contribution in [-0.2, 0) is 17.0 Å². The lowest BCUT2D eigenvalue weighted by molar-refractivity contribution is -0.0987. The van der Waals surface area contributed by atoms with Crippen LogP contribution in [0.5, 0.6) is 0 Å². The van der Waals surface area contributed by atoms with Crippen molar-refractivity contribution >= 4 is 5.95 Å². The highest BCUT2D eigenvalue weighted by molar-refractivity contribution is 5.27. The zero-order valence-corrected chi connectivity index (χ0v) is 16.7. The Labute approximate surface area is 170 Å². The van der Waals surface area contributed by atoms with E-state index in [1.807, 2.05) is 36.0 Å². The van der Waals surface area contributed by atoms with Gasteiger partial charge in [-0.2, -0.15) is 0 Å². The van der Waals surface area contributed by atoms with Gasteiger partial charge in [-0.15, -0.1) is 0 Å². The molecule has 0 spiro atoms. The van der Waals surface area contributed by atoms with E-state index < -0.39 is 5.72 Å². The summed E-state index contributed by atoms with van der Waals surface area (Å²) in [6.45, 7) is 1.43. The van der Waals surface area contributed by atoms with E-state index in [0.717, 1.165) is 18.5 Å². The molecule has 8 heteroatoms. The van der Waals surface area contributed by atoms with Gasteiger partial charge in [-0.05, 0) is 22.4 Å². The first-order valence-corrected chi connectivity index (χ1v) is 9.85. The van der Waals surface area contributed by atoms with Gasteiger partial charge in [-0.1, -0.05) is 65.8 Å². The Morgan fingerprint density at radius 2 is 1.86 bits per heavy atom. The van der Waals surface area contributed by atoms with Crippen LogP contribution in [-0.4, -0.2) is 47.0 Å². The van der Waals surface area contributed by atoms with Crippen LogP contribution in [0.15, 0.2) is 60.7 Å². The highest BCUT2D eigenvalue weighted by Crippen LogP contribution is 2.35. The quantitative estimate of drug-likeness (QED) is 0.565. The highest BCUT2D eigenvalue weighted by Gasteiger charge is 2.46. The lowest BCUT2D eigenvalue weighted by Gasteiger charge is -2.47. The number of tetrazole rings is 1. The smallest absolute Gasteiger partial charge is 0.242 e. The van der Waals surface area contributed by atoms with Crippen LogP contribution in [0.2, 0.25) is 0 Å². The molecule has 152 valence electrons. The van der Waals surface area contributed by atoms with Crippen LogP contribution < -0.4 is 16.0 Å². The molecule has 1 aliphatic rings. The first kappa shape index (κ1) is 19.5. The van der Waals surface area contributed by atoms with E-state index >= 15 is 0 Å². The van der Waals surface area contributed by atoms with Crippen molar-refractivity contribution in [1.82, 2.24) is 30.8 Å². The molecule has 0 aliphatic carbocycles. The maximum absolute atomic E-state index is 6.14. The monoisotopic (exact) mass is 393 g/mol. The number of hydrogen-bond donors (Lipinski definition) is 3. The van der Waals surface area contributed by atoms with Crippen LogP contribution >= 0.6 is 0 Å². The predicted octanol–water partition coefficient (Wildman–Crippen LogP) is 1.91. The summed E-state index contributed by atoms with van der Waals surface area (Å²) in [5.74, 6) is 0.656. The lowest BCUT2D eigenvalue weighted by Crippen LogP contribution is -2.63. The van der Waals surface area contributed by atoms with Gasteiger partial charge in [0.2, 0.25) is 5.95 Å². The van der Waals surface area contributed by atoms with Crippen molar-refractivity contribution in [2.24, 2.45) is 0 Å². The van der Waals surface area contributed by atoms with Crippen molar-refractivity contribution in [2.45, 2.75) is 30.8 Å². The second-order valence-electron chi connectivity index (χ2n) is 7.19. The third-order valence-corrected chi connectivity index (χ3v) is 5.58. The zero-order chi connectivity index (χ0) is 20.1. The predicted molar refractivity (Wildman–Crippen MR) is 111 cm³/mol. The van der Waals surface area contributed by atoms with E-state index in [2.05, 4.69) is 67.9 Å². The molecule has 0 amide bonds. The summed E-state index contributed by atoms with van der Waals surface area (Å²) >= 11 is 0. The van der Waals surface area contributed by atoms with E-state index in [1.165, 1.54) is 5.56 Å². The molecule has 1 aliphatic heterocycles. The van der Waals surface area contributed by atoms with Crippen molar-refractivity contribution in [3.05, 3.63) is 71.8 Å². The number of nitrogens with zero attached hydrogens (tertiary/aromatic N) is 4. The third kappa shape index (κ3) is 3.87. The van der Waals surface area contributed by atoms with Crippen LogP contribution in [0.1, 0.15) is 23.6 Å². The van der Waals surface area contributed by atoms with Crippen LogP contribution in [0.4, 0.5) is 5.95 Å². The number of ether oxygens (including phenoxy) is 1. The summed E-state index contributed by atoms with van der Waals surface area (Å²) in [5, 5.41) is 22.5. The molecular weight excluding hydrogens is 366 g/mol. The molecule has 29 heavy (non-hydrogen) atoms. The number of methoxy groups -OCH3 is 1. The molecule has 0 saturated carbocycles. The third-order valence-electron chi connectivity index (χ3n) is 5.58. The van der Waals surface area contributed by atoms with Gasteiger partial charge in [-0.3, -0.25) is 5.32 Å². The second-order valence-corrected chi connectivity index (χ2v) is 7.19. The van der Waals surface area contributed by atoms with E-state index in [4.69, 9.17) is 4.74 Å². The van der Waals surface area contributed by atoms with Crippen molar-refractivity contribution in [1.29, 1.82) is 0 Å². The van der Waals surface area contributed by atoms with Gasteiger partial charge in [-0.25, -0.2) is 4.68 Å². The molecule has 8 nitrogen and oxygen atoms in total. The maximum atomic E-state index is 6.14. The summed E-state index contributed by atoms with van der Waals surface area (Å²) < 4.78 is 7.98. The SMILES string of the molecule is CNc1nnnn1C1CN[C@](OC)(c2ccccc2)[C@@H](NCc2ccccc2)C1. The number of rotatable bonds is 7. The average Bonchev–Trinajstić information content (AvgIpc) is 3.28. The van der Waals surface area contributed by atoms with Crippen molar-refractivity contribution in [3.8, 4) is 0 Å². The largest absolute Gasteiger partial charge is 0.358 e. The molecule has 1 aromatic heterocycles. The number of piperidine rings is 1. The highest BCUT2D eigenvalue weighted by atomic mass is 16.5. The molecule has 1 unspecified atom stereocenters. The molecule has 1 saturated heterocycles. The molecule has 1 fully saturated rings. The molecule has 4 rings (SSSR count). The lowest BCUT2D eigenvalue weighted by atomic mass is 9.85. The van der Waals surface area contributed by atoms with Gasteiger partial charge >= 0.3 is 0 Å². The van der Waals surface area contributed by atoms with Crippen LogP contribution in [0, 0.1) is 0 Å². The van der Waals surface area contributed by atoms with Gasteiger partial charge < -0.3 is 15.4 Å². The Kier molecular flexibility index (Phi) is 5.84. The Morgan fingerprint density at radius 3 is 2.55 bits per heavy atom. The molecule has 2 aromatic carbocycles. The van der Waals surface area contributed by atoms with E-state index in [0.29, 0.717) is 12.5 Å². The summed E-state index contributed by atoms with van der Waals surface area (Å²) in [6, 6.07) is 20.8. The number of anilines is 1. The summed E-state index contributed by atoms with van der Waals surface area (Å²) in [6.07, 6.45) is 0.808. The van der Waals surface area contributed by atoms with E-state index in [9.17, 15) is 0 Å². The molecule has 2 heterocycles. The number of benzene rings is 2. The Morgan fingerprint density at radius 1 is 1.14 bits per heavy atom. The topological polar surface area (TPSA) is 88.9 Å². The first-order valence-electron chi connectivity index (χ1n) is 9.85. The molecule has 3 aromatic rings. The zero-order valence-electron chi connectivity index (χ0n) is 16.7. The Bertz CT molecular complexity index is 902. The Hall–Kier alpha value is -2.81. The summed E-state index contributed by atoms with van der Waals surface area (Å²) in [5.41, 5.74) is 1.68. The van der Waals surface area contributed by atoms with Crippen molar-refractivity contribution in [3.63, 3.8) is 0 Å². The van der Waals surface area contributed by atoms with Gasteiger partial charge in [0.1, 0.15) is 0 Å². The number of aromatic nitrogens is 4. The summed E-state index contributed by atoms with van der Waals surface area (Å²) in [7, 11) is 3.58. The fourth-order valence-corrected chi connectivity index (χ4v) is 4.09. The fraction of sp³-hybridized carbons (Fsp3) is 0.381. The average molecular weight is 393 g/mol. The van der Waals surface area contributed by atoms with Gasteiger partial charge in [0.25, 0.3) is 0 Å². The van der Waals surface area contributed by atoms with Crippen molar-refractivity contribution < 1.29 is 4.74 Å². The van der Waals surface area contributed by atoms with E-state index in [1.54, 1.807) is 7.11 Å². The summed E-state index contributed by atoms with van der Waals surface area (Å²) in [4.78, 5) is 0. The normalized spacial score (nSPS) is 24.3. The Balaban J connectivity index is 1.63. The van der Waals surface area contributed by atoms with Gasteiger partial charge in [0.15, 0.2) is 5.72 Å². The molecule has 0 bridgehead atoms. The van der Waals surface area contributed by atoms with Crippen LogP contribution in [0.3, 0.4) is 0 Å². The number of nitrogens with one attached hydrogen (secondary N) is 3. The van der Waals surface area contributed by atoms with Gasteiger partial charge in [0, 0.05) is 32.8 Å². The minimum Gasteiger partial charge on any atom is -0.358 e. The molecular formula is C21H27N7O. The maximum Gasteiger partial charge on any atom is 0.242 e. The minimum absolute atomic E-state index is 0.00256. The fourth-order valence-electron chi connectivity index (χ4n) is 4.09. The molecule has 3 N–H and O–H groups in total. The molecule has 0 radical (unpaired) electrons. The second kappa shape index (κ2) is 8.69. The number of hydrogen-bond acceptors (Lipinski definition) is 7. The molecule has 3 atom stereocenters. The van der Waals surface area contributed by atoms with Crippen LogP contribution in [0.25, 0.3) is 0 Å². The van der Waals surface area contributed by atoms with Crippen molar-refractivity contribution in [2.75, 3.05) is 26.0 Å². The first-order chi connectivity index (χ1) is 14.3. The van der Waals surface area contributed by atoms with Gasteiger partial charge in [0.05, 0.1) is 12.1 Å². The minimum atomic E-state index is -0.639. The van der Waals surface area contributed by atoms with E-state index in [-0.39, 0.29) is 12.1 Å².